The molecule has 1 aliphatic rings. The van der Waals surface area contributed by atoms with Crippen LogP contribution in [0.5, 0.6) is 0 Å². The van der Waals surface area contributed by atoms with Gasteiger partial charge in [0, 0.05) is 12.8 Å². The molecule has 1 aliphatic carbocycles. The van der Waals surface area contributed by atoms with Crippen molar-refractivity contribution in [3.63, 3.8) is 0 Å². The van der Waals surface area contributed by atoms with E-state index in [1.165, 1.54) is 14.0 Å². The molecule has 0 aromatic rings. The Labute approximate surface area is 138 Å². The van der Waals surface area contributed by atoms with E-state index in [0.29, 0.717) is 0 Å². The average Bonchev–Trinajstić information content (AvgIpc) is 2.49. The zero-order valence-corrected chi connectivity index (χ0v) is 13.4. The molecule has 3 atom stereocenters. The maximum atomic E-state index is 11.2. The van der Waals surface area contributed by atoms with Crippen LogP contribution in [0, 0.1) is 0 Å². The van der Waals surface area contributed by atoms with Gasteiger partial charge in [-0.05, 0) is 6.92 Å². The highest BCUT2D eigenvalue weighted by molar-refractivity contribution is 6.02. The lowest BCUT2D eigenvalue weighted by molar-refractivity contribution is -0.140. The molecule has 0 aliphatic heterocycles. The number of aliphatic carboxylic acids is 2. The van der Waals surface area contributed by atoms with Crippen LogP contribution in [0.15, 0.2) is 16.4 Å². The van der Waals surface area contributed by atoms with E-state index in [4.69, 9.17) is 14.9 Å². The molecule has 1 unspecified atom stereocenters. The lowest BCUT2D eigenvalue weighted by Crippen LogP contribution is -2.45. The van der Waals surface area contributed by atoms with E-state index >= 15 is 0 Å². The summed E-state index contributed by atoms with van der Waals surface area (Å²) in [6, 6.07) is -1.49. The van der Waals surface area contributed by atoms with Crippen molar-refractivity contribution in [3.8, 4) is 0 Å². The molecule has 0 amide bonds. The first-order chi connectivity index (χ1) is 11.1. The fraction of sp³-hybridized carbons (Fsp3) is 0.643. The van der Waals surface area contributed by atoms with Crippen molar-refractivity contribution < 1.29 is 39.9 Å². The normalized spacial score (nSPS) is 25.3. The van der Waals surface area contributed by atoms with Gasteiger partial charge in [-0.2, -0.15) is 0 Å². The number of nitrogens with zero attached hydrogens (tertiary/aromatic N) is 1. The van der Waals surface area contributed by atoms with Gasteiger partial charge in [0.15, 0.2) is 11.8 Å². The second kappa shape index (κ2) is 8.08. The van der Waals surface area contributed by atoms with E-state index in [9.17, 15) is 24.9 Å². The van der Waals surface area contributed by atoms with Crippen LogP contribution in [0.3, 0.4) is 0 Å². The molecule has 0 saturated heterocycles. The molecule has 0 saturated carbocycles. The Balaban J connectivity index is 3.33. The topological polar surface area (TPSA) is 169 Å². The second-order valence-electron chi connectivity index (χ2n) is 5.59. The third-order valence-corrected chi connectivity index (χ3v) is 3.49. The maximum Gasteiger partial charge on any atom is 0.331 e. The predicted molar refractivity (Wildman–Crippen MR) is 81.5 cm³/mol. The first-order valence-electron chi connectivity index (χ1n) is 7.17. The monoisotopic (exact) mass is 346 g/mol. The van der Waals surface area contributed by atoms with Crippen LogP contribution in [0.4, 0.5) is 0 Å². The first-order valence-corrected chi connectivity index (χ1v) is 7.17. The Hall–Kier alpha value is -2.17. The van der Waals surface area contributed by atoms with Crippen molar-refractivity contribution in [3.05, 3.63) is 11.5 Å². The Morgan fingerprint density at radius 3 is 2.42 bits per heavy atom. The molecule has 0 fully saturated rings. The SMILES string of the molecule is COC1=C(NCC(=O)O)CC(O)(CO)C/C1=N\[C@H](C(=O)O)[C@@H](C)O. The highest BCUT2D eigenvalue weighted by Crippen LogP contribution is 2.30. The number of aliphatic hydroxyl groups excluding tert-OH is 2. The molecule has 24 heavy (non-hydrogen) atoms. The van der Waals surface area contributed by atoms with Gasteiger partial charge < -0.3 is 35.6 Å². The number of allylic oxidation sites excluding steroid dienone is 1. The largest absolute Gasteiger partial charge is 0.493 e. The Morgan fingerprint density at radius 1 is 1.38 bits per heavy atom. The highest BCUT2D eigenvalue weighted by Gasteiger charge is 2.39. The summed E-state index contributed by atoms with van der Waals surface area (Å²) in [5.74, 6) is -2.44. The summed E-state index contributed by atoms with van der Waals surface area (Å²) in [4.78, 5) is 25.9. The van der Waals surface area contributed by atoms with Gasteiger partial charge in [0.25, 0.3) is 0 Å². The number of nitrogens with one attached hydrogen (secondary N) is 1. The Bertz CT molecular complexity index is 557. The zero-order valence-electron chi connectivity index (χ0n) is 13.4. The summed E-state index contributed by atoms with van der Waals surface area (Å²) >= 11 is 0. The van der Waals surface area contributed by atoms with Crippen LogP contribution in [-0.2, 0) is 14.3 Å². The molecule has 136 valence electrons. The van der Waals surface area contributed by atoms with Gasteiger partial charge in [0.1, 0.15) is 6.54 Å². The minimum atomic E-state index is -1.65. The van der Waals surface area contributed by atoms with Crippen LogP contribution < -0.4 is 5.32 Å². The van der Waals surface area contributed by atoms with Gasteiger partial charge in [-0.3, -0.25) is 9.79 Å². The molecule has 0 bridgehead atoms. The van der Waals surface area contributed by atoms with Crippen LogP contribution in [0.1, 0.15) is 19.8 Å². The van der Waals surface area contributed by atoms with E-state index in [1.807, 2.05) is 0 Å². The third-order valence-electron chi connectivity index (χ3n) is 3.49. The molecule has 0 heterocycles. The lowest BCUT2D eigenvalue weighted by atomic mass is 9.85. The van der Waals surface area contributed by atoms with Gasteiger partial charge in [-0.15, -0.1) is 0 Å². The molecule has 0 radical (unpaired) electrons. The van der Waals surface area contributed by atoms with E-state index in [2.05, 4.69) is 10.3 Å². The quantitative estimate of drug-likeness (QED) is 0.300. The summed E-state index contributed by atoms with van der Waals surface area (Å²) in [6.07, 6.45) is -1.63. The number of carbonyl (C=O) groups is 2. The standard InChI is InChI=1S/C14H22N2O8/c1-7(18)11(13(21)22)16-9-4-14(23,6-17)3-8(12(9)24-2)15-5-10(19)20/h7,11,15,17-18,23H,3-6H2,1-2H3,(H,19,20)(H,21,22)/b16-9+/t7-,11+,14?/m1/s1. The average molecular weight is 346 g/mol. The smallest absolute Gasteiger partial charge is 0.331 e. The fourth-order valence-corrected chi connectivity index (χ4v) is 2.36. The van der Waals surface area contributed by atoms with E-state index < -0.39 is 42.8 Å². The molecule has 6 N–H and O–H groups in total. The van der Waals surface area contributed by atoms with Crippen molar-refractivity contribution in [2.45, 2.75) is 37.5 Å². The molecule has 0 spiro atoms. The number of aliphatic hydroxyl groups is 3. The Morgan fingerprint density at radius 2 is 2.00 bits per heavy atom. The molecule has 10 heteroatoms. The van der Waals surface area contributed by atoms with Gasteiger partial charge >= 0.3 is 11.9 Å². The van der Waals surface area contributed by atoms with Crippen LogP contribution in [0.2, 0.25) is 0 Å². The number of hydrogen-bond acceptors (Lipinski definition) is 8. The highest BCUT2D eigenvalue weighted by atomic mass is 16.5. The number of methoxy groups -OCH3 is 1. The van der Waals surface area contributed by atoms with Crippen molar-refractivity contribution in [2.75, 3.05) is 20.3 Å². The fourth-order valence-electron chi connectivity index (χ4n) is 2.36. The van der Waals surface area contributed by atoms with Gasteiger partial charge in [-0.1, -0.05) is 0 Å². The van der Waals surface area contributed by atoms with Crippen LogP contribution in [0.25, 0.3) is 0 Å². The minimum absolute atomic E-state index is 0.0153. The summed E-state index contributed by atoms with van der Waals surface area (Å²) in [7, 11) is 1.29. The number of hydrogen-bond donors (Lipinski definition) is 6. The summed E-state index contributed by atoms with van der Waals surface area (Å²) < 4.78 is 5.17. The summed E-state index contributed by atoms with van der Waals surface area (Å²) in [6.45, 7) is 0.146. The molecule has 0 aromatic heterocycles. The molecule has 0 aromatic carbocycles. The van der Waals surface area contributed by atoms with Crippen molar-refractivity contribution in [2.24, 2.45) is 4.99 Å². The van der Waals surface area contributed by atoms with Crippen molar-refractivity contribution >= 4 is 17.7 Å². The number of rotatable bonds is 8. The number of aliphatic imine (C=N–C) groups is 1. The second-order valence-corrected chi connectivity index (χ2v) is 5.59. The number of carboxylic acid groups (broad SMARTS) is 2. The number of ether oxygens (including phenoxy) is 1. The minimum Gasteiger partial charge on any atom is -0.493 e. The molecular weight excluding hydrogens is 324 g/mol. The van der Waals surface area contributed by atoms with Crippen molar-refractivity contribution in [1.29, 1.82) is 0 Å². The first kappa shape index (κ1) is 19.9. The lowest BCUT2D eigenvalue weighted by Gasteiger charge is -2.34. The summed E-state index contributed by atoms with van der Waals surface area (Å²) in [5.41, 5.74) is -1.46. The van der Waals surface area contributed by atoms with Gasteiger partial charge in [0.05, 0.1) is 36.8 Å². The summed E-state index contributed by atoms with van der Waals surface area (Å²) in [5, 5.41) is 49.8. The molecule has 10 nitrogen and oxygen atoms in total. The third kappa shape index (κ3) is 4.91. The van der Waals surface area contributed by atoms with E-state index in [1.54, 1.807) is 0 Å². The van der Waals surface area contributed by atoms with Crippen molar-refractivity contribution in [1.82, 2.24) is 5.32 Å². The molecule has 1 rings (SSSR count). The maximum absolute atomic E-state index is 11.2. The van der Waals surface area contributed by atoms with Crippen LogP contribution in [-0.4, -0.2) is 81.2 Å². The predicted octanol–water partition coefficient (Wildman–Crippen LogP) is -1.69. The molecular formula is C14H22N2O8. The van der Waals surface area contributed by atoms with E-state index in [-0.39, 0.29) is 30.0 Å². The Kier molecular flexibility index (Phi) is 6.70. The zero-order chi connectivity index (χ0) is 18.5. The van der Waals surface area contributed by atoms with Gasteiger partial charge in [0.2, 0.25) is 0 Å². The van der Waals surface area contributed by atoms with Gasteiger partial charge in [-0.25, -0.2) is 4.79 Å². The van der Waals surface area contributed by atoms with Crippen LogP contribution >= 0.6 is 0 Å². The number of carboxylic acids is 2. The van der Waals surface area contributed by atoms with E-state index in [0.717, 1.165) is 0 Å².